The Hall–Kier alpha value is -0.570. The van der Waals surface area contributed by atoms with Gasteiger partial charge in [0, 0.05) is 18.1 Å². The molecule has 0 aromatic rings. The van der Waals surface area contributed by atoms with Crippen LogP contribution in [-0.4, -0.2) is 23.2 Å². The zero-order valence-electron chi connectivity index (χ0n) is 14.0. The number of aliphatic hydroxyl groups is 1. The van der Waals surface area contributed by atoms with E-state index in [0.717, 1.165) is 38.0 Å². The van der Waals surface area contributed by atoms with Crippen molar-refractivity contribution in [3.05, 3.63) is 0 Å². The molecule has 0 aliphatic heterocycles. The third kappa shape index (κ3) is 4.76. The lowest BCUT2D eigenvalue weighted by Crippen LogP contribution is -2.49. The van der Waals surface area contributed by atoms with Crippen LogP contribution in [0.3, 0.4) is 0 Å². The first kappa shape index (κ1) is 17.5. The Morgan fingerprint density at radius 3 is 2.10 bits per heavy atom. The molecule has 0 aromatic carbocycles. The Labute approximate surface area is 124 Å². The van der Waals surface area contributed by atoms with E-state index in [1.807, 2.05) is 6.92 Å². The van der Waals surface area contributed by atoms with Crippen LogP contribution in [0.15, 0.2) is 0 Å². The Morgan fingerprint density at radius 2 is 1.70 bits per heavy atom. The van der Waals surface area contributed by atoms with Gasteiger partial charge in [0.2, 0.25) is 5.91 Å². The summed E-state index contributed by atoms with van der Waals surface area (Å²) in [6, 6.07) is 0. The second-order valence-corrected chi connectivity index (χ2v) is 7.79. The molecule has 3 nitrogen and oxygen atoms in total. The van der Waals surface area contributed by atoms with Crippen molar-refractivity contribution in [3.63, 3.8) is 0 Å². The molecule has 0 aromatic heterocycles. The van der Waals surface area contributed by atoms with Crippen molar-refractivity contribution in [2.75, 3.05) is 6.61 Å². The summed E-state index contributed by atoms with van der Waals surface area (Å²) in [6.07, 6.45) is 5.82. The first-order valence-electron chi connectivity index (χ1n) is 8.14. The Balaban J connectivity index is 2.51. The molecule has 1 amide bonds. The van der Waals surface area contributed by atoms with Gasteiger partial charge < -0.3 is 10.4 Å². The molecule has 1 fully saturated rings. The number of nitrogens with one attached hydrogen (secondary N) is 1. The van der Waals surface area contributed by atoms with Crippen LogP contribution in [0.4, 0.5) is 0 Å². The highest BCUT2D eigenvalue weighted by Gasteiger charge is 2.34. The van der Waals surface area contributed by atoms with E-state index in [4.69, 9.17) is 5.11 Å². The fourth-order valence-corrected chi connectivity index (χ4v) is 3.20. The standard InChI is InChI=1S/C17H33NO2/c1-6-17(5,11-12-19)18-15(20)13-7-9-14(10-8-13)16(2,3)4/h13-14,19H,6-12H2,1-5H3,(H,18,20). The molecule has 1 saturated carbocycles. The number of amides is 1. The first-order valence-corrected chi connectivity index (χ1v) is 8.14. The second-order valence-electron chi connectivity index (χ2n) is 7.79. The Bertz CT molecular complexity index is 313. The number of rotatable bonds is 5. The molecule has 1 aliphatic carbocycles. The number of carbonyl (C=O) groups excluding carboxylic acids is 1. The zero-order valence-corrected chi connectivity index (χ0v) is 14.0. The highest BCUT2D eigenvalue weighted by atomic mass is 16.3. The van der Waals surface area contributed by atoms with Gasteiger partial charge >= 0.3 is 0 Å². The van der Waals surface area contributed by atoms with Crippen molar-refractivity contribution in [1.29, 1.82) is 0 Å². The number of carbonyl (C=O) groups is 1. The van der Waals surface area contributed by atoms with Crippen LogP contribution in [0.5, 0.6) is 0 Å². The average molecular weight is 283 g/mol. The van der Waals surface area contributed by atoms with E-state index in [1.54, 1.807) is 0 Å². The van der Waals surface area contributed by atoms with E-state index in [2.05, 4.69) is 33.0 Å². The van der Waals surface area contributed by atoms with Crippen LogP contribution in [0.2, 0.25) is 0 Å². The maximum absolute atomic E-state index is 12.4. The average Bonchev–Trinajstić information content (AvgIpc) is 2.38. The van der Waals surface area contributed by atoms with Gasteiger partial charge in [-0.2, -0.15) is 0 Å². The summed E-state index contributed by atoms with van der Waals surface area (Å²) >= 11 is 0. The molecule has 1 unspecified atom stereocenters. The minimum absolute atomic E-state index is 0.126. The summed E-state index contributed by atoms with van der Waals surface area (Å²) in [5.74, 6) is 1.09. The zero-order chi connectivity index (χ0) is 15.4. The fraction of sp³-hybridized carbons (Fsp3) is 0.941. The smallest absolute Gasteiger partial charge is 0.223 e. The number of aliphatic hydroxyl groups excluding tert-OH is 1. The molecule has 1 rings (SSSR count). The number of hydrogen-bond donors (Lipinski definition) is 2. The normalized spacial score (nSPS) is 26.9. The highest BCUT2D eigenvalue weighted by Crippen LogP contribution is 2.40. The van der Waals surface area contributed by atoms with Gasteiger partial charge in [-0.3, -0.25) is 4.79 Å². The van der Waals surface area contributed by atoms with Gasteiger partial charge in [-0.25, -0.2) is 0 Å². The number of hydrogen-bond acceptors (Lipinski definition) is 2. The molecule has 0 spiro atoms. The van der Waals surface area contributed by atoms with Crippen molar-refractivity contribution in [2.24, 2.45) is 17.3 Å². The van der Waals surface area contributed by atoms with E-state index in [0.29, 0.717) is 11.8 Å². The predicted octanol–water partition coefficient (Wildman–Crippen LogP) is 3.51. The molecule has 0 heterocycles. The van der Waals surface area contributed by atoms with E-state index >= 15 is 0 Å². The maximum Gasteiger partial charge on any atom is 0.223 e. The molecule has 1 aliphatic rings. The summed E-state index contributed by atoms with van der Waals surface area (Å²) in [4.78, 5) is 12.4. The SMILES string of the molecule is CCC(C)(CCO)NC(=O)C1CCC(C(C)(C)C)CC1. The van der Waals surface area contributed by atoms with Gasteiger partial charge in [0.25, 0.3) is 0 Å². The van der Waals surface area contributed by atoms with E-state index in [-0.39, 0.29) is 24.0 Å². The van der Waals surface area contributed by atoms with Crippen molar-refractivity contribution in [1.82, 2.24) is 5.32 Å². The topological polar surface area (TPSA) is 49.3 Å². The molecule has 0 radical (unpaired) electrons. The Morgan fingerprint density at radius 1 is 1.15 bits per heavy atom. The molecule has 2 N–H and O–H groups in total. The summed E-state index contributed by atoms with van der Waals surface area (Å²) < 4.78 is 0. The summed E-state index contributed by atoms with van der Waals surface area (Å²) in [7, 11) is 0. The lowest BCUT2D eigenvalue weighted by atomic mass is 9.69. The van der Waals surface area contributed by atoms with Gasteiger partial charge in [0.15, 0.2) is 0 Å². The molecule has 0 bridgehead atoms. The largest absolute Gasteiger partial charge is 0.396 e. The molecular weight excluding hydrogens is 250 g/mol. The lowest BCUT2D eigenvalue weighted by molar-refractivity contribution is -0.128. The highest BCUT2D eigenvalue weighted by molar-refractivity contribution is 5.79. The van der Waals surface area contributed by atoms with E-state index < -0.39 is 0 Å². The van der Waals surface area contributed by atoms with Gasteiger partial charge in [-0.05, 0) is 56.8 Å². The molecular formula is C17H33NO2. The summed E-state index contributed by atoms with van der Waals surface area (Å²) in [5.41, 5.74) is 0.100. The fourth-order valence-electron chi connectivity index (χ4n) is 3.20. The van der Waals surface area contributed by atoms with E-state index in [1.165, 1.54) is 0 Å². The van der Waals surface area contributed by atoms with Crippen LogP contribution < -0.4 is 5.32 Å². The second kappa shape index (κ2) is 6.93. The first-order chi connectivity index (χ1) is 9.22. The van der Waals surface area contributed by atoms with Gasteiger partial charge in [-0.15, -0.1) is 0 Å². The minimum atomic E-state index is -0.257. The third-order valence-electron chi connectivity index (χ3n) is 5.19. The molecule has 3 heteroatoms. The van der Waals surface area contributed by atoms with E-state index in [9.17, 15) is 4.79 Å². The Kier molecular flexibility index (Phi) is 6.06. The monoisotopic (exact) mass is 283 g/mol. The molecule has 0 saturated heterocycles. The van der Waals surface area contributed by atoms with Crippen LogP contribution in [0.1, 0.15) is 73.1 Å². The maximum atomic E-state index is 12.4. The van der Waals surface area contributed by atoms with Gasteiger partial charge in [0.05, 0.1) is 0 Å². The van der Waals surface area contributed by atoms with Gasteiger partial charge in [-0.1, -0.05) is 27.7 Å². The van der Waals surface area contributed by atoms with Crippen LogP contribution in [0.25, 0.3) is 0 Å². The molecule has 118 valence electrons. The van der Waals surface area contributed by atoms with Crippen molar-refractivity contribution >= 4 is 5.91 Å². The summed E-state index contributed by atoms with van der Waals surface area (Å²) in [6.45, 7) is 11.1. The van der Waals surface area contributed by atoms with Crippen molar-refractivity contribution < 1.29 is 9.90 Å². The summed E-state index contributed by atoms with van der Waals surface area (Å²) in [5, 5.41) is 12.3. The third-order valence-corrected chi connectivity index (χ3v) is 5.19. The van der Waals surface area contributed by atoms with Gasteiger partial charge in [0.1, 0.15) is 0 Å². The van der Waals surface area contributed by atoms with Crippen LogP contribution in [0, 0.1) is 17.3 Å². The van der Waals surface area contributed by atoms with Crippen LogP contribution >= 0.6 is 0 Å². The molecule has 20 heavy (non-hydrogen) atoms. The molecule has 1 atom stereocenters. The van der Waals surface area contributed by atoms with Crippen molar-refractivity contribution in [3.8, 4) is 0 Å². The quantitative estimate of drug-likeness (QED) is 0.811. The van der Waals surface area contributed by atoms with Crippen LogP contribution in [-0.2, 0) is 4.79 Å². The lowest BCUT2D eigenvalue weighted by Gasteiger charge is -2.38. The minimum Gasteiger partial charge on any atom is -0.396 e. The predicted molar refractivity (Wildman–Crippen MR) is 83.4 cm³/mol. The van der Waals surface area contributed by atoms with Crippen molar-refractivity contribution in [2.45, 2.75) is 78.7 Å².